The largest absolute Gasteiger partial charge is 0.417 e. The molecule has 0 radical (unpaired) electrons. The molecule has 0 spiro atoms. The van der Waals surface area contributed by atoms with E-state index in [0.29, 0.717) is 10.7 Å². The van der Waals surface area contributed by atoms with Gasteiger partial charge in [0, 0.05) is 17.9 Å². The summed E-state index contributed by atoms with van der Waals surface area (Å²) in [5, 5.41) is 5.90. The molecule has 0 unspecified atom stereocenters. The molecular formula is C17H14Cl2F3N3O. The lowest BCUT2D eigenvalue weighted by Crippen LogP contribution is -2.40. The zero-order valence-corrected chi connectivity index (χ0v) is 14.8. The van der Waals surface area contributed by atoms with Gasteiger partial charge in [0.2, 0.25) is 0 Å². The maximum Gasteiger partial charge on any atom is 0.417 e. The molecule has 1 saturated carbocycles. The molecule has 9 heteroatoms. The summed E-state index contributed by atoms with van der Waals surface area (Å²) in [6.07, 6.45) is -1.25. The average molecular weight is 404 g/mol. The Labute approximate surface area is 157 Å². The zero-order chi connectivity index (χ0) is 18.9. The highest BCUT2D eigenvalue weighted by atomic mass is 35.5. The van der Waals surface area contributed by atoms with E-state index in [-0.39, 0.29) is 16.9 Å². The van der Waals surface area contributed by atoms with Gasteiger partial charge in [-0.15, -0.1) is 0 Å². The Bertz CT molecular complexity index is 838. The molecule has 26 heavy (non-hydrogen) atoms. The molecule has 4 nitrogen and oxygen atoms in total. The highest BCUT2D eigenvalue weighted by molar-refractivity contribution is 6.42. The second-order valence-electron chi connectivity index (χ2n) is 5.97. The number of rotatable bonds is 4. The Morgan fingerprint density at radius 2 is 1.88 bits per heavy atom. The lowest BCUT2D eigenvalue weighted by molar-refractivity contribution is -0.138. The van der Waals surface area contributed by atoms with Gasteiger partial charge in [-0.2, -0.15) is 13.2 Å². The van der Waals surface area contributed by atoms with Gasteiger partial charge in [-0.25, -0.2) is 4.98 Å². The van der Waals surface area contributed by atoms with Crippen LogP contribution in [0, 0.1) is 0 Å². The Morgan fingerprint density at radius 1 is 1.15 bits per heavy atom. The smallest absolute Gasteiger partial charge is 0.349 e. The number of halogens is 5. The van der Waals surface area contributed by atoms with Crippen LogP contribution in [0.4, 0.5) is 24.7 Å². The maximum atomic E-state index is 13.4. The van der Waals surface area contributed by atoms with Crippen LogP contribution in [0.15, 0.2) is 30.5 Å². The molecule has 1 heterocycles. The van der Waals surface area contributed by atoms with E-state index >= 15 is 0 Å². The maximum absolute atomic E-state index is 13.4. The molecule has 0 aliphatic heterocycles. The summed E-state index contributed by atoms with van der Waals surface area (Å²) >= 11 is 11.7. The van der Waals surface area contributed by atoms with E-state index in [1.807, 2.05) is 0 Å². The van der Waals surface area contributed by atoms with E-state index in [1.54, 1.807) is 6.07 Å². The van der Waals surface area contributed by atoms with E-state index in [0.717, 1.165) is 31.5 Å². The molecule has 1 fully saturated rings. The van der Waals surface area contributed by atoms with Crippen LogP contribution in [-0.2, 0) is 6.18 Å². The summed E-state index contributed by atoms with van der Waals surface area (Å²) in [5.74, 6) is -0.827. The number of carbonyl (C=O) groups is 1. The van der Waals surface area contributed by atoms with Crippen LogP contribution in [-0.4, -0.2) is 16.9 Å². The second kappa shape index (κ2) is 7.32. The van der Waals surface area contributed by atoms with Gasteiger partial charge in [0.05, 0.1) is 21.2 Å². The van der Waals surface area contributed by atoms with Crippen molar-refractivity contribution in [3.8, 4) is 0 Å². The molecule has 1 aromatic heterocycles. The molecule has 1 amide bonds. The fraction of sp³-hybridized carbons (Fsp3) is 0.294. The monoisotopic (exact) mass is 403 g/mol. The molecule has 2 aromatic rings. The van der Waals surface area contributed by atoms with Crippen LogP contribution >= 0.6 is 23.2 Å². The number of carbonyl (C=O) groups excluding carboxylic acids is 1. The molecule has 0 atom stereocenters. The van der Waals surface area contributed by atoms with Gasteiger partial charge in [-0.05, 0) is 43.5 Å². The van der Waals surface area contributed by atoms with Crippen molar-refractivity contribution in [2.24, 2.45) is 0 Å². The lowest BCUT2D eigenvalue weighted by Gasteiger charge is -2.27. The van der Waals surface area contributed by atoms with Crippen LogP contribution in [0.25, 0.3) is 0 Å². The fourth-order valence-corrected chi connectivity index (χ4v) is 2.77. The molecular weight excluding hydrogens is 390 g/mol. The highest BCUT2D eigenvalue weighted by Crippen LogP contribution is 2.34. The van der Waals surface area contributed by atoms with E-state index in [9.17, 15) is 18.0 Å². The van der Waals surface area contributed by atoms with Gasteiger partial charge in [0.15, 0.2) is 0 Å². The lowest BCUT2D eigenvalue weighted by atomic mass is 9.93. The number of aromatic nitrogens is 1. The molecule has 3 rings (SSSR count). The minimum absolute atomic E-state index is 0.0593. The topological polar surface area (TPSA) is 54.0 Å². The number of pyridine rings is 1. The molecule has 1 aliphatic rings. The summed E-state index contributed by atoms with van der Waals surface area (Å²) in [6.45, 7) is 0. The molecule has 1 aliphatic carbocycles. The van der Waals surface area contributed by atoms with Crippen molar-refractivity contribution >= 4 is 40.6 Å². The van der Waals surface area contributed by atoms with E-state index in [4.69, 9.17) is 23.2 Å². The van der Waals surface area contributed by atoms with Crippen molar-refractivity contribution in [2.75, 3.05) is 5.32 Å². The first-order valence-electron chi connectivity index (χ1n) is 7.84. The third kappa shape index (κ3) is 4.22. The molecule has 0 bridgehead atoms. The Hall–Kier alpha value is -1.99. The minimum atomic E-state index is -4.69. The predicted molar refractivity (Wildman–Crippen MR) is 94.1 cm³/mol. The number of anilines is 2. The van der Waals surface area contributed by atoms with E-state index in [2.05, 4.69) is 15.6 Å². The number of hydrogen-bond donors (Lipinski definition) is 2. The first-order chi connectivity index (χ1) is 12.2. The van der Waals surface area contributed by atoms with Gasteiger partial charge in [0.25, 0.3) is 5.91 Å². The third-order valence-corrected chi connectivity index (χ3v) is 4.83. The van der Waals surface area contributed by atoms with Gasteiger partial charge < -0.3 is 10.6 Å². The van der Waals surface area contributed by atoms with Crippen LogP contribution < -0.4 is 10.6 Å². The molecule has 138 valence electrons. The summed E-state index contributed by atoms with van der Waals surface area (Å²) in [4.78, 5) is 16.1. The van der Waals surface area contributed by atoms with Gasteiger partial charge >= 0.3 is 6.18 Å². The normalized spacial score (nSPS) is 14.7. The number of nitrogens with zero attached hydrogens (tertiary/aromatic N) is 1. The first kappa shape index (κ1) is 18.8. The zero-order valence-electron chi connectivity index (χ0n) is 13.3. The van der Waals surface area contributed by atoms with E-state index < -0.39 is 23.2 Å². The van der Waals surface area contributed by atoms with Crippen molar-refractivity contribution in [3.05, 3.63) is 51.6 Å². The standard InChI is InChI=1S/C17H14Cl2F3N3O/c18-13-5-4-10(6-14(13)19)24-15-7-12(17(20,21)22)11(8-23-15)16(26)25-9-2-1-3-9/h4-9H,1-3H2,(H,23,24)(H,25,26). The number of amides is 1. The summed E-state index contributed by atoms with van der Waals surface area (Å²) in [6, 6.07) is 5.27. The Kier molecular flexibility index (Phi) is 5.29. The predicted octanol–water partition coefficient (Wildman–Crippen LogP) is 5.43. The number of alkyl halides is 3. The quantitative estimate of drug-likeness (QED) is 0.714. The highest BCUT2D eigenvalue weighted by Gasteiger charge is 2.36. The second-order valence-corrected chi connectivity index (χ2v) is 6.78. The number of benzene rings is 1. The molecule has 2 N–H and O–H groups in total. The first-order valence-corrected chi connectivity index (χ1v) is 8.60. The number of nitrogens with one attached hydrogen (secondary N) is 2. The van der Waals surface area contributed by atoms with Crippen molar-refractivity contribution in [1.29, 1.82) is 0 Å². The van der Waals surface area contributed by atoms with Gasteiger partial charge in [0.1, 0.15) is 5.82 Å². The number of hydrogen-bond acceptors (Lipinski definition) is 3. The summed E-state index contributed by atoms with van der Waals surface area (Å²) in [5.41, 5.74) is -1.12. The van der Waals surface area contributed by atoms with Crippen LogP contribution in [0.2, 0.25) is 10.0 Å². The third-order valence-electron chi connectivity index (χ3n) is 4.09. The van der Waals surface area contributed by atoms with Crippen molar-refractivity contribution in [3.63, 3.8) is 0 Å². The van der Waals surface area contributed by atoms with Gasteiger partial charge in [-0.3, -0.25) is 4.79 Å². The minimum Gasteiger partial charge on any atom is -0.349 e. The van der Waals surface area contributed by atoms with E-state index in [1.165, 1.54) is 12.1 Å². The van der Waals surface area contributed by atoms with Crippen LogP contribution in [0.5, 0.6) is 0 Å². The van der Waals surface area contributed by atoms with Crippen molar-refractivity contribution in [2.45, 2.75) is 31.5 Å². The van der Waals surface area contributed by atoms with Gasteiger partial charge in [-0.1, -0.05) is 23.2 Å². The summed E-state index contributed by atoms with van der Waals surface area (Å²) < 4.78 is 40.2. The summed E-state index contributed by atoms with van der Waals surface area (Å²) in [7, 11) is 0. The van der Waals surface area contributed by atoms with Crippen molar-refractivity contribution in [1.82, 2.24) is 10.3 Å². The van der Waals surface area contributed by atoms with Crippen LogP contribution in [0.1, 0.15) is 35.2 Å². The SMILES string of the molecule is O=C(NC1CCC1)c1cnc(Nc2ccc(Cl)c(Cl)c2)cc1C(F)(F)F. The Balaban J connectivity index is 1.88. The molecule has 1 aromatic carbocycles. The fourth-order valence-electron chi connectivity index (χ4n) is 2.48. The Morgan fingerprint density at radius 3 is 2.46 bits per heavy atom. The average Bonchev–Trinajstić information content (AvgIpc) is 2.53. The van der Waals surface area contributed by atoms with Crippen molar-refractivity contribution < 1.29 is 18.0 Å². The van der Waals surface area contributed by atoms with Crippen LogP contribution in [0.3, 0.4) is 0 Å². The molecule has 0 saturated heterocycles.